The van der Waals surface area contributed by atoms with Crippen LogP contribution in [0.4, 0.5) is 0 Å². The molecule has 2 aromatic rings. The average molecular weight is 248 g/mol. The molecule has 0 saturated heterocycles. The molecule has 0 spiro atoms. The van der Waals surface area contributed by atoms with Gasteiger partial charge >= 0.3 is 0 Å². The van der Waals surface area contributed by atoms with Crippen molar-refractivity contribution in [1.29, 1.82) is 0 Å². The maximum absolute atomic E-state index is 3.57. The van der Waals surface area contributed by atoms with Crippen LogP contribution < -0.4 is 5.32 Å². The van der Waals surface area contributed by atoms with Gasteiger partial charge in [0.15, 0.2) is 0 Å². The third-order valence-corrected chi connectivity index (χ3v) is 4.03. The van der Waals surface area contributed by atoms with E-state index < -0.39 is 0 Å². The van der Waals surface area contributed by atoms with Crippen LogP contribution in [0.3, 0.4) is 0 Å². The molecule has 0 saturated carbocycles. The Hall–Kier alpha value is -0.930. The number of fused-ring (bicyclic) bond motifs is 1. The number of rotatable bonds is 6. The van der Waals surface area contributed by atoms with Crippen LogP contribution in [-0.2, 0) is 6.54 Å². The van der Waals surface area contributed by atoms with E-state index in [1.807, 2.05) is 18.0 Å². The zero-order valence-corrected chi connectivity index (χ0v) is 11.3. The van der Waals surface area contributed by atoms with Gasteiger partial charge in [-0.3, -0.25) is 0 Å². The van der Waals surface area contributed by atoms with Crippen molar-refractivity contribution in [1.82, 2.24) is 10.3 Å². The molecule has 0 fully saturated rings. The second-order valence-electron chi connectivity index (χ2n) is 4.30. The molecule has 0 aliphatic rings. The van der Waals surface area contributed by atoms with E-state index in [0.29, 0.717) is 6.04 Å². The number of H-pyrrole nitrogens is 1. The molecule has 0 radical (unpaired) electrons. The molecule has 0 amide bonds. The van der Waals surface area contributed by atoms with Crippen molar-refractivity contribution < 1.29 is 0 Å². The first-order valence-corrected chi connectivity index (χ1v) is 7.33. The Morgan fingerprint density at radius 2 is 2.24 bits per heavy atom. The van der Waals surface area contributed by atoms with Crippen LogP contribution in [0.15, 0.2) is 30.5 Å². The molecule has 1 aromatic carbocycles. The summed E-state index contributed by atoms with van der Waals surface area (Å²) in [5, 5.41) is 4.87. The zero-order chi connectivity index (χ0) is 12.1. The van der Waals surface area contributed by atoms with Crippen molar-refractivity contribution in [2.24, 2.45) is 0 Å². The van der Waals surface area contributed by atoms with Crippen molar-refractivity contribution >= 4 is 22.7 Å². The van der Waals surface area contributed by atoms with Crippen molar-refractivity contribution in [3.8, 4) is 0 Å². The monoisotopic (exact) mass is 248 g/mol. The van der Waals surface area contributed by atoms with Crippen LogP contribution in [0.5, 0.6) is 0 Å². The van der Waals surface area contributed by atoms with Crippen molar-refractivity contribution in [3.63, 3.8) is 0 Å². The summed E-state index contributed by atoms with van der Waals surface area (Å²) in [5.41, 5.74) is 2.61. The van der Waals surface area contributed by atoms with Crippen molar-refractivity contribution in [3.05, 3.63) is 36.0 Å². The summed E-state index contributed by atoms with van der Waals surface area (Å²) in [4.78, 5) is 3.31. The van der Waals surface area contributed by atoms with Gasteiger partial charge in [0.05, 0.1) is 0 Å². The highest BCUT2D eigenvalue weighted by molar-refractivity contribution is 7.99. The van der Waals surface area contributed by atoms with E-state index >= 15 is 0 Å². The lowest BCUT2D eigenvalue weighted by molar-refractivity contribution is 0.597. The van der Waals surface area contributed by atoms with E-state index in [2.05, 4.69) is 48.4 Å². The first-order valence-electron chi connectivity index (χ1n) is 6.17. The number of benzene rings is 1. The van der Waals surface area contributed by atoms with Gasteiger partial charge in [-0.2, -0.15) is 11.8 Å². The van der Waals surface area contributed by atoms with Crippen molar-refractivity contribution in [2.75, 3.05) is 11.5 Å². The van der Waals surface area contributed by atoms with E-state index in [-0.39, 0.29) is 0 Å². The van der Waals surface area contributed by atoms with E-state index in [0.717, 1.165) is 6.54 Å². The molecule has 0 aliphatic heterocycles. The second kappa shape index (κ2) is 6.12. The van der Waals surface area contributed by atoms with Crippen LogP contribution in [0.2, 0.25) is 0 Å². The molecule has 0 bridgehead atoms. The van der Waals surface area contributed by atoms with Gasteiger partial charge in [-0.15, -0.1) is 0 Å². The summed E-state index contributed by atoms with van der Waals surface area (Å²) in [5.74, 6) is 2.37. The summed E-state index contributed by atoms with van der Waals surface area (Å²) in [6.07, 6.45) is 2.00. The molecule has 1 unspecified atom stereocenters. The van der Waals surface area contributed by atoms with Gasteiger partial charge in [0.2, 0.25) is 0 Å². The SMILES string of the molecule is CCSCC(C)NCc1cccc2cc[nH]c12. The highest BCUT2D eigenvalue weighted by atomic mass is 32.2. The van der Waals surface area contributed by atoms with Crippen LogP contribution in [-0.4, -0.2) is 22.5 Å². The lowest BCUT2D eigenvalue weighted by Crippen LogP contribution is -2.27. The quantitative estimate of drug-likeness (QED) is 0.820. The minimum Gasteiger partial charge on any atom is -0.361 e. The van der Waals surface area contributed by atoms with Gasteiger partial charge in [-0.1, -0.05) is 25.1 Å². The Balaban J connectivity index is 1.96. The fourth-order valence-corrected chi connectivity index (χ4v) is 2.64. The lowest BCUT2D eigenvalue weighted by atomic mass is 10.1. The first-order chi connectivity index (χ1) is 8.31. The molecule has 3 heteroatoms. The van der Waals surface area contributed by atoms with Crippen LogP contribution in [0.1, 0.15) is 19.4 Å². The third-order valence-electron chi connectivity index (χ3n) is 2.89. The minimum atomic E-state index is 0.560. The maximum atomic E-state index is 3.57. The minimum absolute atomic E-state index is 0.560. The molecular weight excluding hydrogens is 228 g/mol. The van der Waals surface area contributed by atoms with Gasteiger partial charge in [0, 0.05) is 30.1 Å². The molecule has 17 heavy (non-hydrogen) atoms. The largest absolute Gasteiger partial charge is 0.361 e. The topological polar surface area (TPSA) is 27.8 Å². The highest BCUT2D eigenvalue weighted by Gasteiger charge is 2.04. The molecule has 2 nitrogen and oxygen atoms in total. The van der Waals surface area contributed by atoms with Crippen LogP contribution in [0, 0.1) is 0 Å². The summed E-state index contributed by atoms with van der Waals surface area (Å²) in [6.45, 7) is 5.39. The van der Waals surface area contributed by atoms with Gasteiger partial charge in [0.25, 0.3) is 0 Å². The van der Waals surface area contributed by atoms with Crippen LogP contribution in [0.25, 0.3) is 10.9 Å². The Bertz CT molecular complexity index is 464. The number of hydrogen-bond donors (Lipinski definition) is 2. The predicted octanol–water partition coefficient (Wildman–Crippen LogP) is 3.40. The number of aromatic nitrogens is 1. The van der Waals surface area contributed by atoms with Gasteiger partial charge in [0.1, 0.15) is 0 Å². The van der Waals surface area contributed by atoms with Gasteiger partial charge < -0.3 is 10.3 Å². The number of nitrogens with one attached hydrogen (secondary N) is 2. The van der Waals surface area contributed by atoms with E-state index in [9.17, 15) is 0 Å². The Morgan fingerprint density at radius 3 is 3.06 bits per heavy atom. The van der Waals surface area contributed by atoms with E-state index in [1.54, 1.807) is 0 Å². The molecule has 2 rings (SSSR count). The molecule has 0 aliphatic carbocycles. The Labute approximate surface area is 107 Å². The smallest absolute Gasteiger partial charge is 0.0499 e. The molecule has 1 aromatic heterocycles. The number of thioether (sulfide) groups is 1. The molecule has 1 heterocycles. The van der Waals surface area contributed by atoms with Crippen molar-refractivity contribution in [2.45, 2.75) is 26.4 Å². The van der Waals surface area contributed by atoms with Crippen LogP contribution >= 0.6 is 11.8 Å². The third kappa shape index (κ3) is 3.27. The Kier molecular flexibility index (Phi) is 4.51. The highest BCUT2D eigenvalue weighted by Crippen LogP contribution is 2.16. The van der Waals surface area contributed by atoms with Gasteiger partial charge in [-0.05, 0) is 29.7 Å². The molecular formula is C14H20N2S. The number of para-hydroxylation sites is 1. The predicted molar refractivity (Wildman–Crippen MR) is 77.6 cm³/mol. The Morgan fingerprint density at radius 1 is 1.35 bits per heavy atom. The second-order valence-corrected chi connectivity index (χ2v) is 5.62. The molecule has 1 atom stereocenters. The summed E-state index contributed by atoms with van der Waals surface area (Å²) in [7, 11) is 0. The molecule has 92 valence electrons. The number of hydrogen-bond acceptors (Lipinski definition) is 2. The van der Waals surface area contributed by atoms with E-state index in [4.69, 9.17) is 0 Å². The average Bonchev–Trinajstić information content (AvgIpc) is 2.82. The fraction of sp³-hybridized carbons (Fsp3) is 0.429. The summed E-state index contributed by atoms with van der Waals surface area (Å²) < 4.78 is 0. The normalized spacial score (nSPS) is 13.1. The fourth-order valence-electron chi connectivity index (χ4n) is 1.93. The first kappa shape index (κ1) is 12.5. The zero-order valence-electron chi connectivity index (χ0n) is 10.5. The maximum Gasteiger partial charge on any atom is 0.0499 e. The number of aromatic amines is 1. The lowest BCUT2D eigenvalue weighted by Gasteiger charge is -2.13. The molecule has 2 N–H and O–H groups in total. The standard InChI is InChI=1S/C14H20N2S/c1-3-17-10-11(2)16-9-13-6-4-5-12-7-8-15-14(12)13/h4-8,11,15-16H,3,9-10H2,1-2H3. The van der Waals surface area contributed by atoms with Gasteiger partial charge in [-0.25, -0.2) is 0 Å². The summed E-state index contributed by atoms with van der Waals surface area (Å²) >= 11 is 1.99. The summed E-state index contributed by atoms with van der Waals surface area (Å²) in [6, 6.07) is 9.13. The van der Waals surface area contributed by atoms with E-state index in [1.165, 1.54) is 28.0 Å².